The number of urea groups is 2. The van der Waals surface area contributed by atoms with Crippen molar-refractivity contribution in [3.05, 3.63) is 0 Å². The van der Waals surface area contributed by atoms with Gasteiger partial charge in [0.05, 0.1) is 0 Å². The molecule has 1 saturated heterocycles. The predicted molar refractivity (Wildman–Crippen MR) is 33.7 cm³/mol. The molecule has 1 heterocycles. The number of nitrogens with two attached hydrogens (primary N) is 3. The Labute approximate surface area is 62.0 Å². The lowest BCUT2D eigenvalue weighted by Gasteiger charge is -2.33. The topological polar surface area (TPSA) is 122 Å². The van der Waals surface area contributed by atoms with Crippen LogP contribution in [0.2, 0.25) is 0 Å². The van der Waals surface area contributed by atoms with Crippen LogP contribution in [0.1, 0.15) is 0 Å². The molecular weight excluding hydrogens is 152 g/mol. The van der Waals surface area contributed by atoms with Gasteiger partial charge >= 0.3 is 12.1 Å². The standard InChI is InChI=1S/C3H8N6O2/c4-7-1-8(5)3(11)9(6)2(7)10/h1,4-6H2. The number of imide groups is 1. The molecule has 0 aliphatic carbocycles. The van der Waals surface area contributed by atoms with Crippen molar-refractivity contribution < 1.29 is 9.59 Å². The van der Waals surface area contributed by atoms with Crippen molar-refractivity contribution in [2.45, 2.75) is 0 Å². The van der Waals surface area contributed by atoms with E-state index in [4.69, 9.17) is 17.5 Å². The van der Waals surface area contributed by atoms with E-state index < -0.39 is 12.1 Å². The first-order valence-electron chi connectivity index (χ1n) is 2.71. The molecule has 0 radical (unpaired) electrons. The molecule has 0 unspecified atom stereocenters. The molecule has 0 aromatic heterocycles. The first-order chi connectivity index (χ1) is 5.04. The molecule has 0 saturated carbocycles. The molecule has 1 aliphatic heterocycles. The summed E-state index contributed by atoms with van der Waals surface area (Å²) in [6.07, 6.45) is 0. The van der Waals surface area contributed by atoms with Gasteiger partial charge in [-0.3, -0.25) is 0 Å². The van der Waals surface area contributed by atoms with E-state index in [9.17, 15) is 9.59 Å². The molecule has 8 heteroatoms. The third-order valence-corrected chi connectivity index (χ3v) is 1.21. The van der Waals surface area contributed by atoms with Crippen LogP contribution < -0.4 is 17.5 Å². The van der Waals surface area contributed by atoms with Gasteiger partial charge in [0, 0.05) is 0 Å². The van der Waals surface area contributed by atoms with Gasteiger partial charge in [-0.1, -0.05) is 0 Å². The highest BCUT2D eigenvalue weighted by atomic mass is 16.2. The van der Waals surface area contributed by atoms with Crippen LogP contribution in [-0.4, -0.2) is 33.8 Å². The smallest absolute Gasteiger partial charge is 0.245 e. The third-order valence-electron chi connectivity index (χ3n) is 1.21. The lowest BCUT2D eigenvalue weighted by molar-refractivity contribution is 0.0781. The van der Waals surface area contributed by atoms with Crippen LogP contribution in [0.5, 0.6) is 0 Å². The number of rotatable bonds is 0. The van der Waals surface area contributed by atoms with Gasteiger partial charge in [-0.25, -0.2) is 37.1 Å². The van der Waals surface area contributed by atoms with Gasteiger partial charge in [0.2, 0.25) is 0 Å². The molecule has 0 bridgehead atoms. The maximum atomic E-state index is 10.8. The minimum absolute atomic E-state index is 0.161. The van der Waals surface area contributed by atoms with Crippen LogP contribution in [0.15, 0.2) is 0 Å². The summed E-state index contributed by atoms with van der Waals surface area (Å²) in [7, 11) is 0. The Hall–Kier alpha value is -1.38. The zero-order chi connectivity index (χ0) is 8.59. The molecule has 0 atom stereocenters. The van der Waals surface area contributed by atoms with E-state index in [-0.39, 0.29) is 6.67 Å². The average molecular weight is 160 g/mol. The first-order valence-corrected chi connectivity index (χ1v) is 2.71. The van der Waals surface area contributed by atoms with Gasteiger partial charge in [-0.2, -0.15) is 5.01 Å². The highest BCUT2D eigenvalue weighted by molar-refractivity contribution is 5.94. The summed E-state index contributed by atoms with van der Waals surface area (Å²) in [6.45, 7) is -0.161. The van der Waals surface area contributed by atoms with Crippen molar-refractivity contribution >= 4 is 12.1 Å². The maximum absolute atomic E-state index is 10.8. The van der Waals surface area contributed by atoms with Gasteiger partial charge in [0.1, 0.15) is 6.67 Å². The molecule has 8 nitrogen and oxygen atoms in total. The van der Waals surface area contributed by atoms with E-state index in [2.05, 4.69) is 0 Å². The number of amides is 4. The van der Waals surface area contributed by atoms with Gasteiger partial charge in [0.25, 0.3) is 0 Å². The molecule has 0 aromatic rings. The zero-order valence-corrected chi connectivity index (χ0v) is 5.60. The fourth-order valence-electron chi connectivity index (χ4n) is 0.644. The van der Waals surface area contributed by atoms with Crippen LogP contribution in [0.4, 0.5) is 9.59 Å². The summed E-state index contributed by atoms with van der Waals surface area (Å²) in [5.41, 5.74) is 0. The number of carbonyl (C=O) groups excluding carboxylic acids is 2. The van der Waals surface area contributed by atoms with Crippen molar-refractivity contribution in [3.8, 4) is 0 Å². The van der Waals surface area contributed by atoms with Gasteiger partial charge < -0.3 is 0 Å². The van der Waals surface area contributed by atoms with Crippen LogP contribution in [0.3, 0.4) is 0 Å². The summed E-state index contributed by atoms with van der Waals surface area (Å²) in [5, 5.41) is 1.78. The van der Waals surface area contributed by atoms with Gasteiger partial charge in [0.15, 0.2) is 0 Å². The van der Waals surface area contributed by atoms with Gasteiger partial charge in [-0.15, -0.1) is 0 Å². The summed E-state index contributed by atoms with van der Waals surface area (Å²) in [4.78, 5) is 21.6. The normalized spacial score (nSPS) is 19.7. The fraction of sp³-hybridized carbons (Fsp3) is 0.333. The highest BCUT2D eigenvalue weighted by Crippen LogP contribution is 2.00. The van der Waals surface area contributed by atoms with Crippen molar-refractivity contribution in [1.29, 1.82) is 0 Å². The second kappa shape index (κ2) is 2.34. The number of hydrogen-bond donors (Lipinski definition) is 3. The zero-order valence-electron chi connectivity index (χ0n) is 5.60. The van der Waals surface area contributed by atoms with Crippen LogP contribution >= 0.6 is 0 Å². The first kappa shape index (κ1) is 7.72. The predicted octanol–water partition coefficient (Wildman–Crippen LogP) is -2.28. The maximum Gasteiger partial charge on any atom is 0.358 e. The molecule has 1 rings (SSSR count). The summed E-state index contributed by atoms with van der Waals surface area (Å²) < 4.78 is 0. The Morgan fingerprint density at radius 3 is 1.73 bits per heavy atom. The molecule has 6 N–H and O–H groups in total. The quantitative estimate of drug-likeness (QED) is 0.272. The van der Waals surface area contributed by atoms with E-state index >= 15 is 0 Å². The van der Waals surface area contributed by atoms with Crippen LogP contribution in [-0.2, 0) is 0 Å². The number of hydrogen-bond acceptors (Lipinski definition) is 5. The molecular formula is C3H8N6O2. The monoisotopic (exact) mass is 160 g/mol. The summed E-state index contributed by atoms with van der Waals surface area (Å²) >= 11 is 0. The second-order valence-electron chi connectivity index (χ2n) is 2.02. The van der Waals surface area contributed by atoms with Crippen LogP contribution in [0.25, 0.3) is 0 Å². The van der Waals surface area contributed by atoms with Gasteiger partial charge in [-0.05, 0) is 0 Å². The number of hydrazine groups is 3. The number of carbonyl (C=O) groups is 2. The Kier molecular flexibility index (Phi) is 1.64. The molecule has 1 fully saturated rings. The lowest BCUT2D eigenvalue weighted by Crippen LogP contribution is -2.66. The molecule has 1 aliphatic rings. The minimum Gasteiger partial charge on any atom is -0.245 e. The van der Waals surface area contributed by atoms with Crippen molar-refractivity contribution in [3.63, 3.8) is 0 Å². The Balaban J connectivity index is 2.79. The molecule has 11 heavy (non-hydrogen) atoms. The fourth-order valence-corrected chi connectivity index (χ4v) is 0.644. The third kappa shape index (κ3) is 1.09. The van der Waals surface area contributed by atoms with E-state index in [1.165, 1.54) is 0 Å². The number of nitrogens with zero attached hydrogens (tertiary/aromatic N) is 3. The second-order valence-corrected chi connectivity index (χ2v) is 2.02. The molecule has 0 spiro atoms. The van der Waals surface area contributed by atoms with E-state index in [0.717, 1.165) is 10.0 Å². The largest absolute Gasteiger partial charge is 0.358 e. The Morgan fingerprint density at radius 2 is 1.36 bits per heavy atom. The Bertz CT molecular complexity index is 184. The molecule has 4 amide bonds. The lowest BCUT2D eigenvalue weighted by atomic mass is 10.6. The van der Waals surface area contributed by atoms with E-state index in [0.29, 0.717) is 5.01 Å². The van der Waals surface area contributed by atoms with Crippen molar-refractivity contribution in [1.82, 2.24) is 15.0 Å². The van der Waals surface area contributed by atoms with E-state index in [1.807, 2.05) is 0 Å². The summed E-state index contributed by atoms with van der Waals surface area (Å²) in [6, 6.07) is -1.56. The average Bonchev–Trinajstić information content (AvgIpc) is 1.97. The molecule has 0 aromatic carbocycles. The molecule has 62 valence electrons. The minimum atomic E-state index is -0.781. The SMILES string of the molecule is NN1CN(N)C(=O)N(N)C1=O. The summed E-state index contributed by atoms with van der Waals surface area (Å²) in [5.74, 6) is 15.2. The van der Waals surface area contributed by atoms with Crippen molar-refractivity contribution in [2.24, 2.45) is 17.5 Å². The Morgan fingerprint density at radius 1 is 1.00 bits per heavy atom. The van der Waals surface area contributed by atoms with Crippen molar-refractivity contribution in [2.75, 3.05) is 6.67 Å². The van der Waals surface area contributed by atoms with Crippen LogP contribution in [0, 0.1) is 0 Å². The van der Waals surface area contributed by atoms with E-state index in [1.54, 1.807) is 0 Å². The highest BCUT2D eigenvalue weighted by Gasteiger charge is 2.32.